The van der Waals surface area contributed by atoms with E-state index in [0.717, 1.165) is 17.4 Å². The van der Waals surface area contributed by atoms with Gasteiger partial charge in [0.25, 0.3) is 0 Å². The highest BCUT2D eigenvalue weighted by atomic mass is 32.1. The molecule has 0 saturated carbocycles. The van der Waals surface area contributed by atoms with Crippen molar-refractivity contribution < 1.29 is 17.9 Å². The molecule has 28 heavy (non-hydrogen) atoms. The maximum atomic E-state index is 13.6. The lowest BCUT2D eigenvalue weighted by molar-refractivity contribution is -0.138. The number of rotatable bonds is 1. The van der Waals surface area contributed by atoms with Crippen molar-refractivity contribution in [2.45, 2.75) is 12.1 Å². The third-order valence-electron chi connectivity index (χ3n) is 4.55. The molecule has 1 aliphatic heterocycles. The van der Waals surface area contributed by atoms with E-state index in [1.54, 1.807) is 24.3 Å². The summed E-state index contributed by atoms with van der Waals surface area (Å²) in [5.41, 5.74) is 4.53. The van der Waals surface area contributed by atoms with E-state index in [-0.39, 0.29) is 28.3 Å². The lowest BCUT2D eigenvalue weighted by Crippen LogP contribution is -2.27. The van der Waals surface area contributed by atoms with E-state index in [1.807, 2.05) is 6.07 Å². The lowest BCUT2D eigenvalue weighted by Gasteiger charge is -2.28. The number of fused-ring (bicyclic) bond motifs is 3. The van der Waals surface area contributed by atoms with Gasteiger partial charge in [0.15, 0.2) is 0 Å². The first-order valence-corrected chi connectivity index (χ1v) is 8.94. The topological polar surface area (TPSA) is 76.1 Å². The lowest BCUT2D eigenvalue weighted by atomic mass is 9.82. The van der Waals surface area contributed by atoms with E-state index in [2.05, 4.69) is 0 Å². The predicted octanol–water partition coefficient (Wildman–Crippen LogP) is 4.50. The van der Waals surface area contributed by atoms with Gasteiger partial charge in [0.2, 0.25) is 10.6 Å². The van der Waals surface area contributed by atoms with Gasteiger partial charge in [-0.25, -0.2) is 0 Å². The van der Waals surface area contributed by atoms with Crippen LogP contribution in [0.15, 0.2) is 64.8 Å². The van der Waals surface area contributed by atoms with Gasteiger partial charge in [0.1, 0.15) is 17.4 Å². The van der Waals surface area contributed by atoms with E-state index in [0.29, 0.717) is 10.1 Å². The first kappa shape index (κ1) is 18.1. The minimum atomic E-state index is -4.66. The first-order chi connectivity index (χ1) is 13.3. The molecule has 0 amide bonds. The average molecular weight is 400 g/mol. The second kappa shape index (κ2) is 6.39. The molecular weight excluding hydrogens is 389 g/mol. The first-order valence-electron chi connectivity index (χ1n) is 8.12. The van der Waals surface area contributed by atoms with Crippen LogP contribution in [-0.2, 0) is 6.18 Å². The average Bonchev–Trinajstić information content (AvgIpc) is 2.66. The third-order valence-corrected chi connectivity index (χ3v) is 5.53. The van der Waals surface area contributed by atoms with Crippen molar-refractivity contribution in [2.75, 3.05) is 0 Å². The van der Waals surface area contributed by atoms with Crippen molar-refractivity contribution in [3.05, 3.63) is 86.2 Å². The van der Waals surface area contributed by atoms with Crippen LogP contribution < -0.4 is 15.2 Å². The summed E-state index contributed by atoms with van der Waals surface area (Å²) in [5, 5.41) is 10.1. The minimum absolute atomic E-state index is 0.00819. The quantitative estimate of drug-likeness (QED) is 0.653. The molecule has 0 radical (unpaired) electrons. The molecule has 0 bridgehead atoms. The predicted molar refractivity (Wildman–Crippen MR) is 98.8 cm³/mol. The fourth-order valence-corrected chi connectivity index (χ4v) is 4.32. The monoisotopic (exact) mass is 400 g/mol. The highest BCUT2D eigenvalue weighted by molar-refractivity contribution is 7.16. The molecule has 4 nitrogen and oxygen atoms in total. The van der Waals surface area contributed by atoms with Crippen molar-refractivity contribution in [2.24, 2.45) is 5.73 Å². The van der Waals surface area contributed by atoms with Gasteiger partial charge in [0.05, 0.1) is 17.0 Å². The SMILES string of the molecule is N#CC1=C(N)Oc2c(c(=O)sc3ccccc23)[C@@H]1c1ccccc1C(F)(F)F. The molecule has 1 aliphatic rings. The van der Waals surface area contributed by atoms with Gasteiger partial charge < -0.3 is 10.5 Å². The molecule has 140 valence electrons. The Balaban J connectivity index is 2.12. The Morgan fingerprint density at radius 3 is 2.50 bits per heavy atom. The molecule has 0 fully saturated rings. The summed E-state index contributed by atoms with van der Waals surface area (Å²) in [7, 11) is 0. The zero-order valence-corrected chi connectivity index (χ0v) is 14.9. The van der Waals surface area contributed by atoms with Crippen molar-refractivity contribution in [3.63, 3.8) is 0 Å². The number of nitrogens with two attached hydrogens (primary N) is 1. The molecule has 2 heterocycles. The number of hydrogen-bond acceptors (Lipinski definition) is 5. The number of nitriles is 1. The molecule has 0 aliphatic carbocycles. The zero-order valence-electron chi connectivity index (χ0n) is 14.1. The molecule has 4 rings (SSSR count). The maximum Gasteiger partial charge on any atom is 0.416 e. The molecule has 3 aromatic rings. The Bertz CT molecular complexity index is 1240. The second-order valence-electron chi connectivity index (χ2n) is 6.14. The van der Waals surface area contributed by atoms with Gasteiger partial charge in [-0.1, -0.05) is 41.7 Å². The summed E-state index contributed by atoms with van der Waals surface area (Å²) in [6.07, 6.45) is -4.66. The Hall–Kier alpha value is -3.31. The fraction of sp³-hybridized carbons (Fsp3) is 0.100. The standard InChI is InChI=1S/C20H11F3N2O2S/c21-20(22,23)13-7-3-1-5-10(13)15-12(9-24)18(25)27-17-11-6-2-4-8-14(11)28-19(26)16(15)17/h1-8,15H,25H2/t15-/m1/s1. The number of allylic oxidation sites excluding steroid dienone is 1. The van der Waals surface area contributed by atoms with Crippen molar-refractivity contribution in [3.8, 4) is 11.8 Å². The summed E-state index contributed by atoms with van der Waals surface area (Å²) in [6, 6.07) is 13.6. The second-order valence-corrected chi connectivity index (χ2v) is 7.15. The van der Waals surface area contributed by atoms with E-state index < -0.39 is 22.4 Å². The minimum Gasteiger partial charge on any atom is -0.439 e. The Morgan fingerprint density at radius 2 is 1.79 bits per heavy atom. The van der Waals surface area contributed by atoms with Crippen LogP contribution in [0.4, 0.5) is 13.2 Å². The molecule has 2 aromatic carbocycles. The van der Waals surface area contributed by atoms with Crippen molar-refractivity contribution in [1.82, 2.24) is 0 Å². The van der Waals surface area contributed by atoms with Gasteiger partial charge in [-0.3, -0.25) is 4.79 Å². The van der Waals surface area contributed by atoms with Crippen LogP contribution >= 0.6 is 11.3 Å². The van der Waals surface area contributed by atoms with Crippen LogP contribution in [0.5, 0.6) is 5.75 Å². The largest absolute Gasteiger partial charge is 0.439 e. The number of benzene rings is 2. The third kappa shape index (κ3) is 2.72. The molecule has 1 aromatic heterocycles. The highest BCUT2D eigenvalue weighted by Crippen LogP contribution is 2.47. The summed E-state index contributed by atoms with van der Waals surface area (Å²) in [6.45, 7) is 0. The van der Waals surface area contributed by atoms with Crippen molar-refractivity contribution >= 4 is 21.4 Å². The molecular formula is C20H11F3N2O2S. The summed E-state index contributed by atoms with van der Waals surface area (Å²) < 4.78 is 46.6. The van der Waals surface area contributed by atoms with E-state index in [4.69, 9.17) is 10.5 Å². The molecule has 0 unspecified atom stereocenters. The molecule has 0 saturated heterocycles. The number of hydrogen-bond donors (Lipinski definition) is 1. The van der Waals surface area contributed by atoms with Gasteiger partial charge in [-0.15, -0.1) is 0 Å². The van der Waals surface area contributed by atoms with Crippen LogP contribution in [0.3, 0.4) is 0 Å². The number of halogens is 3. The van der Waals surface area contributed by atoms with Crippen LogP contribution in [0.1, 0.15) is 22.6 Å². The van der Waals surface area contributed by atoms with Gasteiger partial charge in [-0.2, -0.15) is 18.4 Å². The van der Waals surface area contributed by atoms with E-state index in [9.17, 15) is 23.2 Å². The molecule has 2 N–H and O–H groups in total. The van der Waals surface area contributed by atoms with Gasteiger partial charge >= 0.3 is 6.18 Å². The van der Waals surface area contributed by atoms with E-state index >= 15 is 0 Å². The number of ether oxygens (including phenoxy) is 1. The number of nitrogens with zero attached hydrogens (tertiary/aromatic N) is 1. The zero-order chi connectivity index (χ0) is 20.1. The molecule has 0 spiro atoms. The van der Waals surface area contributed by atoms with E-state index in [1.165, 1.54) is 18.2 Å². The molecule has 1 atom stereocenters. The fourth-order valence-electron chi connectivity index (χ4n) is 3.38. The summed E-state index contributed by atoms with van der Waals surface area (Å²) in [5.74, 6) is -1.48. The normalized spacial score (nSPS) is 16.4. The summed E-state index contributed by atoms with van der Waals surface area (Å²) in [4.78, 5) is 12.9. The van der Waals surface area contributed by atoms with Crippen LogP contribution in [0.25, 0.3) is 10.1 Å². The number of alkyl halides is 3. The van der Waals surface area contributed by atoms with Gasteiger partial charge in [0, 0.05) is 10.1 Å². The van der Waals surface area contributed by atoms with Crippen LogP contribution in [-0.4, -0.2) is 0 Å². The Labute approximate surface area is 160 Å². The highest BCUT2D eigenvalue weighted by Gasteiger charge is 2.41. The smallest absolute Gasteiger partial charge is 0.416 e. The van der Waals surface area contributed by atoms with Crippen LogP contribution in [0, 0.1) is 11.3 Å². The Morgan fingerprint density at radius 1 is 1.11 bits per heavy atom. The Kier molecular flexibility index (Phi) is 4.12. The maximum absolute atomic E-state index is 13.6. The van der Waals surface area contributed by atoms with Crippen molar-refractivity contribution in [1.29, 1.82) is 5.26 Å². The molecule has 8 heteroatoms. The summed E-state index contributed by atoms with van der Waals surface area (Å²) >= 11 is 0.892. The van der Waals surface area contributed by atoms with Gasteiger partial charge in [-0.05, 0) is 23.8 Å². The van der Waals surface area contributed by atoms with Crippen LogP contribution in [0.2, 0.25) is 0 Å².